The molecule has 5 heteroatoms. The van der Waals surface area contributed by atoms with Crippen LogP contribution in [0.1, 0.15) is 13.8 Å². The van der Waals surface area contributed by atoms with E-state index in [1.165, 1.54) is 0 Å². The van der Waals surface area contributed by atoms with E-state index in [2.05, 4.69) is 10.6 Å². The Balaban J connectivity index is 2.73. The number of hydrogen-bond donors (Lipinski definition) is 2. The van der Waals surface area contributed by atoms with Crippen molar-refractivity contribution in [1.82, 2.24) is 5.32 Å². The zero-order chi connectivity index (χ0) is 12.1. The minimum Gasteiger partial charge on any atom is -0.373 e. The molecule has 0 bridgehead atoms. The van der Waals surface area contributed by atoms with Crippen molar-refractivity contribution in [1.29, 1.82) is 0 Å². The van der Waals surface area contributed by atoms with Crippen LogP contribution in [0.25, 0.3) is 0 Å². The fourth-order valence-corrected chi connectivity index (χ4v) is 1.60. The summed E-state index contributed by atoms with van der Waals surface area (Å²) in [5.41, 5.74) is 0.660. The number of benzene rings is 1. The van der Waals surface area contributed by atoms with Gasteiger partial charge in [-0.05, 0) is 26.0 Å². The van der Waals surface area contributed by atoms with Crippen LogP contribution in [0, 0.1) is 0 Å². The number of rotatable bonds is 4. The highest BCUT2D eigenvalue weighted by Crippen LogP contribution is 2.29. The van der Waals surface area contributed by atoms with Gasteiger partial charge in [0.05, 0.1) is 15.7 Å². The van der Waals surface area contributed by atoms with Gasteiger partial charge in [0.15, 0.2) is 0 Å². The molecule has 0 saturated heterocycles. The molecule has 1 rings (SSSR count). The Morgan fingerprint density at radius 2 is 2.12 bits per heavy atom. The summed E-state index contributed by atoms with van der Waals surface area (Å²) in [5.74, 6) is -0.0708. The highest BCUT2D eigenvalue weighted by molar-refractivity contribution is 6.43. The number of likely N-dealkylation sites (N-methyl/N-ethyl adjacent to an activating group) is 1. The van der Waals surface area contributed by atoms with E-state index in [4.69, 9.17) is 23.2 Å². The third-order valence-corrected chi connectivity index (χ3v) is 2.89. The summed E-state index contributed by atoms with van der Waals surface area (Å²) >= 11 is 11.9. The first kappa shape index (κ1) is 13.1. The van der Waals surface area contributed by atoms with Crippen LogP contribution in [0.5, 0.6) is 0 Å². The summed E-state index contributed by atoms with van der Waals surface area (Å²) < 4.78 is 0. The highest BCUT2D eigenvalue weighted by Gasteiger charge is 2.13. The summed E-state index contributed by atoms with van der Waals surface area (Å²) in [4.78, 5) is 11.5. The molecule has 0 aliphatic rings. The number of nitrogens with one attached hydrogen (secondary N) is 2. The normalized spacial score (nSPS) is 12.0. The van der Waals surface area contributed by atoms with Gasteiger partial charge in [-0.2, -0.15) is 0 Å². The van der Waals surface area contributed by atoms with Gasteiger partial charge in [0, 0.05) is 6.54 Å². The summed E-state index contributed by atoms with van der Waals surface area (Å²) in [7, 11) is 0. The molecule has 1 aromatic rings. The molecule has 1 amide bonds. The molecule has 3 nitrogen and oxygen atoms in total. The standard InChI is InChI=1S/C11H14Cl2N2O/c1-3-14-11(16)7(2)15-9-6-4-5-8(12)10(9)13/h4-7,15H,3H2,1-2H3,(H,14,16). The van der Waals surface area contributed by atoms with Gasteiger partial charge in [0.1, 0.15) is 6.04 Å². The first-order valence-corrected chi connectivity index (χ1v) is 5.80. The van der Waals surface area contributed by atoms with Crippen LogP contribution >= 0.6 is 23.2 Å². The molecule has 2 N–H and O–H groups in total. The van der Waals surface area contributed by atoms with Gasteiger partial charge >= 0.3 is 0 Å². The SMILES string of the molecule is CCNC(=O)C(C)Nc1cccc(Cl)c1Cl. The summed E-state index contributed by atoms with van der Waals surface area (Å²) in [6.07, 6.45) is 0. The van der Waals surface area contributed by atoms with Crippen molar-refractivity contribution in [3.8, 4) is 0 Å². The molecule has 88 valence electrons. The van der Waals surface area contributed by atoms with Crippen LogP contribution in [0.4, 0.5) is 5.69 Å². The van der Waals surface area contributed by atoms with Gasteiger partial charge < -0.3 is 10.6 Å². The van der Waals surface area contributed by atoms with E-state index in [0.29, 0.717) is 22.3 Å². The Morgan fingerprint density at radius 1 is 1.44 bits per heavy atom. The molecule has 0 aromatic heterocycles. The first-order chi connectivity index (χ1) is 7.56. The van der Waals surface area contributed by atoms with Gasteiger partial charge in [0.25, 0.3) is 0 Å². The van der Waals surface area contributed by atoms with Crippen molar-refractivity contribution >= 4 is 34.8 Å². The number of carbonyl (C=O) groups excluding carboxylic acids is 1. The largest absolute Gasteiger partial charge is 0.373 e. The average Bonchev–Trinajstić information content (AvgIpc) is 2.25. The minimum atomic E-state index is -0.351. The lowest BCUT2D eigenvalue weighted by Crippen LogP contribution is -2.37. The van der Waals surface area contributed by atoms with Crippen LogP contribution < -0.4 is 10.6 Å². The maximum Gasteiger partial charge on any atom is 0.242 e. The van der Waals surface area contributed by atoms with Crippen LogP contribution in [0.3, 0.4) is 0 Å². The number of anilines is 1. The Morgan fingerprint density at radius 3 is 2.75 bits per heavy atom. The molecule has 0 heterocycles. The lowest BCUT2D eigenvalue weighted by atomic mass is 10.2. The van der Waals surface area contributed by atoms with E-state index >= 15 is 0 Å². The molecule has 16 heavy (non-hydrogen) atoms. The van der Waals surface area contributed by atoms with E-state index < -0.39 is 0 Å². The fraction of sp³-hybridized carbons (Fsp3) is 0.364. The van der Waals surface area contributed by atoms with Crippen molar-refractivity contribution < 1.29 is 4.79 Å². The zero-order valence-corrected chi connectivity index (χ0v) is 10.7. The maximum atomic E-state index is 11.5. The summed E-state index contributed by atoms with van der Waals surface area (Å²) in [6.45, 7) is 4.24. The Labute approximate surface area is 105 Å². The van der Waals surface area contributed by atoms with E-state index in [1.807, 2.05) is 6.92 Å². The Bertz CT molecular complexity index is 382. The topological polar surface area (TPSA) is 41.1 Å². The lowest BCUT2D eigenvalue weighted by Gasteiger charge is -2.15. The molecule has 0 saturated carbocycles. The molecule has 0 spiro atoms. The summed E-state index contributed by atoms with van der Waals surface area (Å²) in [5, 5.41) is 6.63. The molecule has 1 aromatic carbocycles. The maximum absolute atomic E-state index is 11.5. The van der Waals surface area contributed by atoms with Gasteiger partial charge in [-0.25, -0.2) is 0 Å². The van der Waals surface area contributed by atoms with E-state index in [9.17, 15) is 4.79 Å². The summed E-state index contributed by atoms with van der Waals surface area (Å²) in [6, 6.07) is 4.91. The molecular weight excluding hydrogens is 247 g/mol. The highest BCUT2D eigenvalue weighted by atomic mass is 35.5. The Kier molecular flexibility index (Phi) is 4.90. The number of amides is 1. The van der Waals surface area contributed by atoms with Crippen molar-refractivity contribution in [3.05, 3.63) is 28.2 Å². The molecule has 0 fully saturated rings. The van der Waals surface area contributed by atoms with E-state index in [-0.39, 0.29) is 11.9 Å². The lowest BCUT2D eigenvalue weighted by molar-refractivity contribution is -0.121. The Hall–Kier alpha value is -0.930. The van der Waals surface area contributed by atoms with Crippen LogP contribution in [-0.2, 0) is 4.79 Å². The van der Waals surface area contributed by atoms with Crippen molar-refractivity contribution in [2.24, 2.45) is 0 Å². The quantitative estimate of drug-likeness (QED) is 0.874. The van der Waals surface area contributed by atoms with Crippen molar-refractivity contribution in [2.75, 3.05) is 11.9 Å². The number of hydrogen-bond acceptors (Lipinski definition) is 2. The van der Waals surface area contributed by atoms with Gasteiger partial charge in [0.2, 0.25) is 5.91 Å². The zero-order valence-electron chi connectivity index (χ0n) is 9.18. The molecule has 0 aliphatic heterocycles. The minimum absolute atomic E-state index is 0.0708. The third kappa shape index (κ3) is 3.29. The molecule has 0 aliphatic carbocycles. The number of halogens is 2. The van der Waals surface area contributed by atoms with Gasteiger partial charge in [-0.1, -0.05) is 29.3 Å². The predicted molar refractivity (Wildman–Crippen MR) is 68.2 cm³/mol. The van der Waals surface area contributed by atoms with Crippen LogP contribution in [0.2, 0.25) is 10.0 Å². The van der Waals surface area contributed by atoms with Crippen LogP contribution in [0.15, 0.2) is 18.2 Å². The predicted octanol–water partition coefficient (Wildman–Crippen LogP) is 2.93. The smallest absolute Gasteiger partial charge is 0.242 e. The number of carbonyl (C=O) groups is 1. The first-order valence-electron chi connectivity index (χ1n) is 5.04. The second kappa shape index (κ2) is 5.97. The fourth-order valence-electron chi connectivity index (χ4n) is 1.24. The molecule has 0 radical (unpaired) electrons. The molecular formula is C11H14Cl2N2O. The second-order valence-electron chi connectivity index (χ2n) is 3.36. The van der Waals surface area contributed by atoms with Gasteiger partial charge in [-0.15, -0.1) is 0 Å². The van der Waals surface area contributed by atoms with E-state index in [0.717, 1.165) is 0 Å². The second-order valence-corrected chi connectivity index (χ2v) is 4.15. The van der Waals surface area contributed by atoms with Crippen molar-refractivity contribution in [2.45, 2.75) is 19.9 Å². The van der Waals surface area contributed by atoms with Crippen LogP contribution in [-0.4, -0.2) is 18.5 Å². The molecule has 1 unspecified atom stereocenters. The monoisotopic (exact) mass is 260 g/mol. The average molecular weight is 261 g/mol. The van der Waals surface area contributed by atoms with Gasteiger partial charge in [-0.3, -0.25) is 4.79 Å². The van der Waals surface area contributed by atoms with Crippen molar-refractivity contribution in [3.63, 3.8) is 0 Å². The third-order valence-electron chi connectivity index (χ3n) is 2.07. The molecule has 1 atom stereocenters. The van der Waals surface area contributed by atoms with E-state index in [1.54, 1.807) is 25.1 Å².